The zero-order valence-electron chi connectivity index (χ0n) is 14.3. The Morgan fingerprint density at radius 1 is 1.15 bits per heavy atom. The van der Waals surface area contributed by atoms with Gasteiger partial charge in [0.15, 0.2) is 0 Å². The second-order valence-electron chi connectivity index (χ2n) is 6.92. The van der Waals surface area contributed by atoms with Crippen molar-refractivity contribution >= 4 is 17.9 Å². The Balaban J connectivity index is 1.48. The number of halogens is 2. The number of nitrogens with zero attached hydrogens (tertiary/aromatic N) is 1. The molecule has 1 heterocycles. The van der Waals surface area contributed by atoms with Gasteiger partial charge in [-0.3, -0.25) is 5.32 Å². The van der Waals surface area contributed by atoms with Crippen LogP contribution < -0.4 is 5.32 Å². The maximum atomic E-state index is 13.1. The van der Waals surface area contributed by atoms with E-state index in [1.54, 1.807) is 12.1 Å². The molecule has 26 heavy (non-hydrogen) atoms. The lowest BCUT2D eigenvalue weighted by Crippen LogP contribution is -2.31. The van der Waals surface area contributed by atoms with Crippen molar-refractivity contribution in [2.75, 3.05) is 18.4 Å². The second kappa shape index (κ2) is 7.47. The number of hydrogen-bond acceptors (Lipinski definition) is 3. The summed E-state index contributed by atoms with van der Waals surface area (Å²) in [6, 6.07) is 7.17. The van der Waals surface area contributed by atoms with Gasteiger partial charge >= 0.3 is 12.2 Å². The normalized spacial score (nSPS) is 22.8. The molecule has 0 bridgehead atoms. The van der Waals surface area contributed by atoms with E-state index in [1.165, 1.54) is 4.90 Å². The van der Waals surface area contributed by atoms with E-state index >= 15 is 0 Å². The summed E-state index contributed by atoms with van der Waals surface area (Å²) in [7, 11) is 0. The summed E-state index contributed by atoms with van der Waals surface area (Å²) in [6.45, 7) is 0.989. The molecule has 1 aliphatic carbocycles. The van der Waals surface area contributed by atoms with Crippen LogP contribution in [0.4, 0.5) is 24.1 Å². The number of amides is 2. The predicted octanol–water partition coefficient (Wildman–Crippen LogP) is 4.28. The number of anilines is 1. The molecule has 1 aromatic rings. The minimum Gasteiger partial charge on any atom is -0.465 e. The van der Waals surface area contributed by atoms with Crippen molar-refractivity contribution in [1.29, 1.82) is 0 Å². The van der Waals surface area contributed by atoms with Gasteiger partial charge in [0, 0.05) is 37.5 Å². The fourth-order valence-electron chi connectivity index (χ4n) is 3.47. The molecule has 2 aliphatic rings. The van der Waals surface area contributed by atoms with Crippen molar-refractivity contribution < 1.29 is 28.2 Å². The molecule has 1 unspecified atom stereocenters. The zero-order valence-corrected chi connectivity index (χ0v) is 14.3. The van der Waals surface area contributed by atoms with Gasteiger partial charge in [-0.25, -0.2) is 18.4 Å². The number of nitrogens with one attached hydrogen (secondary N) is 1. The van der Waals surface area contributed by atoms with Gasteiger partial charge in [-0.05, 0) is 37.0 Å². The molecule has 8 heteroatoms. The Hall–Kier alpha value is -2.38. The van der Waals surface area contributed by atoms with Crippen molar-refractivity contribution in [2.45, 2.75) is 50.0 Å². The number of carbonyl (C=O) groups is 2. The van der Waals surface area contributed by atoms with E-state index in [0.29, 0.717) is 18.8 Å². The van der Waals surface area contributed by atoms with Crippen molar-refractivity contribution in [3.8, 4) is 0 Å². The van der Waals surface area contributed by atoms with Crippen molar-refractivity contribution in [3.05, 3.63) is 29.8 Å². The first-order chi connectivity index (χ1) is 12.3. The Morgan fingerprint density at radius 2 is 1.81 bits per heavy atom. The van der Waals surface area contributed by atoms with Crippen LogP contribution in [0.25, 0.3) is 0 Å². The van der Waals surface area contributed by atoms with E-state index in [0.717, 1.165) is 12.0 Å². The molecule has 2 fully saturated rings. The maximum absolute atomic E-state index is 13.1. The molecule has 0 radical (unpaired) electrons. The molecule has 0 aromatic heterocycles. The van der Waals surface area contributed by atoms with E-state index in [-0.39, 0.29) is 31.6 Å². The summed E-state index contributed by atoms with van der Waals surface area (Å²) in [6.07, 6.45) is -1.44. The van der Waals surface area contributed by atoms with Gasteiger partial charge in [0.25, 0.3) is 0 Å². The van der Waals surface area contributed by atoms with Crippen molar-refractivity contribution in [2.24, 2.45) is 0 Å². The number of carboxylic acid groups (broad SMARTS) is 1. The predicted molar refractivity (Wildman–Crippen MR) is 90.7 cm³/mol. The number of ether oxygens (including phenoxy) is 1. The van der Waals surface area contributed by atoms with E-state index in [1.807, 2.05) is 12.1 Å². The van der Waals surface area contributed by atoms with Gasteiger partial charge < -0.3 is 14.7 Å². The third-order valence-corrected chi connectivity index (χ3v) is 5.03. The smallest absolute Gasteiger partial charge is 0.411 e. The Bertz CT molecular complexity index is 656. The first kappa shape index (κ1) is 18.4. The van der Waals surface area contributed by atoms with Crippen LogP contribution in [0.5, 0.6) is 0 Å². The van der Waals surface area contributed by atoms with Gasteiger partial charge in [0.1, 0.15) is 6.10 Å². The fourth-order valence-corrected chi connectivity index (χ4v) is 3.47. The largest absolute Gasteiger partial charge is 0.465 e. The van der Waals surface area contributed by atoms with Crippen LogP contribution in [0.2, 0.25) is 0 Å². The highest BCUT2D eigenvalue weighted by atomic mass is 19.3. The maximum Gasteiger partial charge on any atom is 0.411 e. The van der Waals surface area contributed by atoms with Crippen LogP contribution in [0.3, 0.4) is 0 Å². The molecule has 6 nitrogen and oxygen atoms in total. The van der Waals surface area contributed by atoms with E-state index in [4.69, 9.17) is 9.84 Å². The fraction of sp³-hybridized carbons (Fsp3) is 0.556. The van der Waals surface area contributed by atoms with Crippen molar-refractivity contribution in [3.63, 3.8) is 0 Å². The summed E-state index contributed by atoms with van der Waals surface area (Å²) in [5.74, 6) is -2.50. The SMILES string of the molecule is O=C(Nc1ccc(C2CCN(C(=O)O)C2)cc1)OC1CCC(F)(F)CC1. The van der Waals surface area contributed by atoms with Crippen LogP contribution >= 0.6 is 0 Å². The summed E-state index contributed by atoms with van der Waals surface area (Å²) in [5.41, 5.74) is 1.56. The van der Waals surface area contributed by atoms with Crippen LogP contribution in [0.1, 0.15) is 43.6 Å². The zero-order chi connectivity index (χ0) is 18.7. The third kappa shape index (κ3) is 4.62. The Kier molecular flexibility index (Phi) is 5.29. The number of benzene rings is 1. The average Bonchev–Trinajstić information content (AvgIpc) is 3.08. The molecule has 1 saturated carbocycles. The number of carbonyl (C=O) groups excluding carboxylic acids is 1. The van der Waals surface area contributed by atoms with Crippen LogP contribution in [-0.4, -0.2) is 47.3 Å². The first-order valence-electron chi connectivity index (χ1n) is 8.76. The number of alkyl halides is 2. The highest BCUT2D eigenvalue weighted by Gasteiger charge is 2.36. The molecule has 2 N–H and O–H groups in total. The Morgan fingerprint density at radius 3 is 2.38 bits per heavy atom. The van der Waals surface area contributed by atoms with Gasteiger partial charge in [-0.1, -0.05) is 12.1 Å². The molecule has 1 aromatic carbocycles. The van der Waals surface area contributed by atoms with E-state index < -0.39 is 24.2 Å². The summed E-state index contributed by atoms with van der Waals surface area (Å²) >= 11 is 0. The molecule has 1 saturated heterocycles. The van der Waals surface area contributed by atoms with Gasteiger partial charge in [0.2, 0.25) is 5.92 Å². The molecule has 1 atom stereocenters. The van der Waals surface area contributed by atoms with Crippen LogP contribution in [0.15, 0.2) is 24.3 Å². The van der Waals surface area contributed by atoms with Crippen molar-refractivity contribution in [1.82, 2.24) is 4.90 Å². The number of likely N-dealkylation sites (tertiary alicyclic amines) is 1. The molecular formula is C18H22F2N2O4. The first-order valence-corrected chi connectivity index (χ1v) is 8.76. The number of hydrogen-bond donors (Lipinski definition) is 2. The van der Waals surface area contributed by atoms with Crippen LogP contribution in [0, 0.1) is 0 Å². The molecule has 1 aliphatic heterocycles. The Labute approximate surface area is 150 Å². The minimum atomic E-state index is -2.65. The van der Waals surface area contributed by atoms with Gasteiger partial charge in [-0.2, -0.15) is 0 Å². The lowest BCUT2D eigenvalue weighted by Gasteiger charge is -2.27. The molecule has 3 rings (SSSR count). The molecule has 142 valence electrons. The average molecular weight is 368 g/mol. The quantitative estimate of drug-likeness (QED) is 0.835. The molecule has 2 amide bonds. The standard InChI is InChI=1S/C18H22F2N2O4/c19-18(20)8-5-15(6-9-18)26-16(23)21-14-3-1-12(2-4-14)13-7-10-22(11-13)17(24)25/h1-4,13,15H,5-11H2,(H,21,23)(H,24,25). The van der Waals surface area contributed by atoms with Gasteiger partial charge in [0.05, 0.1) is 0 Å². The monoisotopic (exact) mass is 368 g/mol. The second-order valence-corrected chi connectivity index (χ2v) is 6.92. The number of rotatable bonds is 3. The lowest BCUT2D eigenvalue weighted by atomic mass is 9.94. The van der Waals surface area contributed by atoms with Gasteiger partial charge in [-0.15, -0.1) is 0 Å². The molecular weight excluding hydrogens is 346 g/mol. The lowest BCUT2D eigenvalue weighted by molar-refractivity contribution is -0.0642. The minimum absolute atomic E-state index is 0.149. The van der Waals surface area contributed by atoms with E-state index in [9.17, 15) is 18.4 Å². The summed E-state index contributed by atoms with van der Waals surface area (Å²) < 4.78 is 31.4. The topological polar surface area (TPSA) is 78.9 Å². The highest BCUT2D eigenvalue weighted by Crippen LogP contribution is 2.34. The highest BCUT2D eigenvalue weighted by molar-refractivity contribution is 5.84. The summed E-state index contributed by atoms with van der Waals surface area (Å²) in [5, 5.41) is 11.6. The summed E-state index contributed by atoms with van der Waals surface area (Å²) in [4.78, 5) is 24.3. The van der Waals surface area contributed by atoms with E-state index in [2.05, 4.69) is 5.32 Å². The third-order valence-electron chi connectivity index (χ3n) is 5.03. The van der Waals surface area contributed by atoms with Crippen LogP contribution in [-0.2, 0) is 4.74 Å². The molecule has 0 spiro atoms.